The van der Waals surface area contributed by atoms with Gasteiger partial charge in [-0.15, -0.1) is 0 Å². The van der Waals surface area contributed by atoms with Gasteiger partial charge in [-0.2, -0.15) is 0 Å². The maximum atomic E-state index is 5.62. The lowest BCUT2D eigenvalue weighted by molar-refractivity contribution is 0.0263. The topological polar surface area (TPSA) is 62.9 Å². The number of aliphatic imine (C=N–C) groups is 1. The third kappa shape index (κ3) is 4.91. The summed E-state index contributed by atoms with van der Waals surface area (Å²) >= 11 is 0. The second-order valence-corrected chi connectivity index (χ2v) is 4.34. The van der Waals surface area contributed by atoms with Crippen molar-refractivity contribution in [3.8, 4) is 0 Å². The number of hydrazine groups is 1. The van der Waals surface area contributed by atoms with Gasteiger partial charge in [-0.1, -0.05) is 13.3 Å². The molecule has 0 aromatic carbocycles. The first-order valence-corrected chi connectivity index (χ1v) is 6.69. The van der Waals surface area contributed by atoms with Crippen molar-refractivity contribution in [2.24, 2.45) is 10.8 Å². The Labute approximate surface area is 104 Å². The van der Waals surface area contributed by atoms with E-state index < -0.39 is 0 Å². The maximum Gasteiger partial charge on any atom is 0.208 e. The Kier molecular flexibility index (Phi) is 6.96. The molecule has 0 unspecified atom stereocenters. The van der Waals surface area contributed by atoms with Gasteiger partial charge in [0.1, 0.15) is 0 Å². The molecule has 5 heteroatoms. The smallest absolute Gasteiger partial charge is 0.208 e. The fourth-order valence-corrected chi connectivity index (χ4v) is 2.05. The monoisotopic (exact) mass is 242 g/mol. The summed E-state index contributed by atoms with van der Waals surface area (Å²) in [5.41, 5.74) is 2.71. The lowest BCUT2D eigenvalue weighted by Gasteiger charge is -2.33. The number of guanidine groups is 1. The Bertz CT molecular complexity index is 225. The summed E-state index contributed by atoms with van der Waals surface area (Å²) in [5.74, 6) is 6.35. The predicted octanol–water partition coefficient (Wildman–Crippen LogP) is 1.11. The van der Waals surface area contributed by atoms with E-state index in [2.05, 4.69) is 22.2 Å². The molecule has 0 saturated carbocycles. The molecule has 3 N–H and O–H groups in total. The molecular formula is C12H26N4O. The number of nitrogens with one attached hydrogen (secondary N) is 1. The highest BCUT2D eigenvalue weighted by atomic mass is 16.5. The fraction of sp³-hybridized carbons (Fsp3) is 0.917. The molecular weight excluding hydrogens is 216 g/mol. The zero-order chi connectivity index (χ0) is 12.5. The van der Waals surface area contributed by atoms with Gasteiger partial charge < -0.3 is 9.64 Å². The van der Waals surface area contributed by atoms with Gasteiger partial charge >= 0.3 is 0 Å². The first-order valence-electron chi connectivity index (χ1n) is 6.69. The van der Waals surface area contributed by atoms with Crippen LogP contribution in [-0.2, 0) is 4.74 Å². The SMILES string of the molecule is CCCCN=C(NN)N1CCC(OCC)CC1. The Morgan fingerprint density at radius 2 is 2.12 bits per heavy atom. The molecule has 1 rings (SSSR count). The standard InChI is InChI=1S/C12H26N4O/c1-3-5-8-14-12(15-13)16-9-6-11(7-10-16)17-4-2/h11H,3-10,13H2,1-2H3,(H,14,15). The highest BCUT2D eigenvalue weighted by Gasteiger charge is 2.21. The molecule has 5 nitrogen and oxygen atoms in total. The van der Waals surface area contributed by atoms with Crippen molar-refractivity contribution >= 4 is 5.96 Å². The first kappa shape index (κ1) is 14.3. The maximum absolute atomic E-state index is 5.62. The Balaban J connectivity index is 2.36. The lowest BCUT2D eigenvalue weighted by atomic mass is 10.1. The summed E-state index contributed by atoms with van der Waals surface area (Å²) in [6, 6.07) is 0. The Morgan fingerprint density at radius 1 is 1.41 bits per heavy atom. The molecule has 1 saturated heterocycles. The van der Waals surface area contributed by atoms with Crippen molar-refractivity contribution in [3.63, 3.8) is 0 Å². The third-order valence-corrected chi connectivity index (χ3v) is 3.05. The van der Waals surface area contributed by atoms with Crippen LogP contribution < -0.4 is 11.3 Å². The zero-order valence-electron chi connectivity index (χ0n) is 11.1. The quantitative estimate of drug-likeness (QED) is 0.249. The molecule has 1 aliphatic heterocycles. The van der Waals surface area contributed by atoms with E-state index in [4.69, 9.17) is 10.6 Å². The van der Waals surface area contributed by atoms with E-state index >= 15 is 0 Å². The van der Waals surface area contributed by atoms with Crippen molar-refractivity contribution in [2.45, 2.75) is 45.6 Å². The van der Waals surface area contributed by atoms with Crippen molar-refractivity contribution < 1.29 is 4.74 Å². The van der Waals surface area contributed by atoms with E-state index in [9.17, 15) is 0 Å². The van der Waals surface area contributed by atoms with Crippen molar-refractivity contribution in [3.05, 3.63) is 0 Å². The second-order valence-electron chi connectivity index (χ2n) is 4.34. The summed E-state index contributed by atoms with van der Waals surface area (Å²) in [7, 11) is 0. The Hall–Kier alpha value is -0.810. The Morgan fingerprint density at radius 3 is 2.65 bits per heavy atom. The second kappa shape index (κ2) is 8.31. The average Bonchev–Trinajstić information content (AvgIpc) is 2.36. The van der Waals surface area contributed by atoms with Gasteiger partial charge in [-0.05, 0) is 26.2 Å². The fourth-order valence-electron chi connectivity index (χ4n) is 2.05. The van der Waals surface area contributed by atoms with Gasteiger partial charge in [0.15, 0.2) is 0 Å². The molecule has 0 aromatic rings. The summed E-state index contributed by atoms with van der Waals surface area (Å²) in [5, 5.41) is 0. The van der Waals surface area contributed by atoms with Crippen LogP contribution in [0.15, 0.2) is 4.99 Å². The van der Waals surface area contributed by atoms with Crippen LogP contribution in [0.2, 0.25) is 0 Å². The van der Waals surface area contributed by atoms with Crippen LogP contribution in [0.25, 0.3) is 0 Å². The van der Waals surface area contributed by atoms with Gasteiger partial charge in [0.2, 0.25) is 5.96 Å². The van der Waals surface area contributed by atoms with Gasteiger partial charge in [0, 0.05) is 26.2 Å². The number of piperidine rings is 1. The predicted molar refractivity (Wildman–Crippen MR) is 70.8 cm³/mol. The summed E-state index contributed by atoms with van der Waals surface area (Å²) in [4.78, 5) is 6.71. The van der Waals surface area contributed by atoms with E-state index in [0.29, 0.717) is 6.10 Å². The molecule has 1 fully saturated rings. The summed E-state index contributed by atoms with van der Waals surface area (Å²) in [6.45, 7) is 7.81. The molecule has 0 amide bonds. The van der Waals surface area contributed by atoms with Crippen LogP contribution in [0.4, 0.5) is 0 Å². The molecule has 1 heterocycles. The highest BCUT2D eigenvalue weighted by Crippen LogP contribution is 2.13. The van der Waals surface area contributed by atoms with Crippen molar-refractivity contribution in [2.75, 3.05) is 26.2 Å². The van der Waals surface area contributed by atoms with Gasteiger partial charge in [0.25, 0.3) is 0 Å². The number of likely N-dealkylation sites (tertiary alicyclic amines) is 1. The van der Waals surface area contributed by atoms with Crippen LogP contribution >= 0.6 is 0 Å². The summed E-state index contributed by atoms with van der Waals surface area (Å²) in [6.07, 6.45) is 4.80. The van der Waals surface area contributed by atoms with Crippen molar-refractivity contribution in [1.82, 2.24) is 10.3 Å². The van der Waals surface area contributed by atoms with Gasteiger partial charge in [0.05, 0.1) is 6.10 Å². The largest absolute Gasteiger partial charge is 0.378 e. The number of hydrogen-bond acceptors (Lipinski definition) is 3. The number of nitrogens with zero attached hydrogens (tertiary/aromatic N) is 2. The van der Waals surface area contributed by atoms with Crippen molar-refractivity contribution in [1.29, 1.82) is 0 Å². The number of unbranched alkanes of at least 4 members (excludes halogenated alkanes) is 1. The third-order valence-electron chi connectivity index (χ3n) is 3.05. The first-order chi connectivity index (χ1) is 8.31. The molecule has 0 radical (unpaired) electrons. The lowest BCUT2D eigenvalue weighted by Crippen LogP contribution is -2.49. The molecule has 0 aromatic heterocycles. The van der Waals surface area contributed by atoms with Gasteiger partial charge in [-0.25, -0.2) is 5.84 Å². The van der Waals surface area contributed by atoms with E-state index in [-0.39, 0.29) is 0 Å². The van der Waals surface area contributed by atoms with Crippen LogP contribution in [-0.4, -0.2) is 43.2 Å². The molecule has 0 bridgehead atoms. The molecule has 100 valence electrons. The van der Waals surface area contributed by atoms with E-state index in [1.807, 2.05) is 6.92 Å². The van der Waals surface area contributed by atoms with Crippen LogP contribution in [0.3, 0.4) is 0 Å². The number of hydrogen-bond donors (Lipinski definition) is 2. The van der Waals surface area contributed by atoms with E-state index in [0.717, 1.165) is 57.9 Å². The van der Waals surface area contributed by atoms with E-state index in [1.54, 1.807) is 0 Å². The van der Waals surface area contributed by atoms with E-state index in [1.165, 1.54) is 0 Å². The van der Waals surface area contributed by atoms with Crippen LogP contribution in [0, 0.1) is 0 Å². The number of rotatable bonds is 5. The molecule has 17 heavy (non-hydrogen) atoms. The summed E-state index contributed by atoms with van der Waals surface area (Å²) < 4.78 is 5.62. The highest BCUT2D eigenvalue weighted by molar-refractivity contribution is 5.79. The number of nitrogens with two attached hydrogens (primary N) is 1. The number of ether oxygens (including phenoxy) is 1. The minimum Gasteiger partial charge on any atom is -0.378 e. The minimum atomic E-state index is 0.408. The normalized spacial score (nSPS) is 18.5. The molecule has 0 atom stereocenters. The molecule has 0 spiro atoms. The average molecular weight is 242 g/mol. The van der Waals surface area contributed by atoms with Crippen LogP contribution in [0.1, 0.15) is 39.5 Å². The van der Waals surface area contributed by atoms with Gasteiger partial charge in [-0.3, -0.25) is 10.4 Å². The molecule has 1 aliphatic rings. The zero-order valence-corrected chi connectivity index (χ0v) is 11.1. The minimum absolute atomic E-state index is 0.408. The van der Waals surface area contributed by atoms with Crippen LogP contribution in [0.5, 0.6) is 0 Å². The molecule has 0 aliphatic carbocycles.